The number of rotatable bonds is 7. The molecule has 2 aromatic rings. The molecule has 0 aliphatic heterocycles. The number of pyridine rings is 1. The molecule has 0 atom stereocenters. The van der Waals surface area contributed by atoms with E-state index in [1.54, 1.807) is 7.11 Å². The summed E-state index contributed by atoms with van der Waals surface area (Å²) in [6.45, 7) is 6.18. The van der Waals surface area contributed by atoms with Crippen molar-refractivity contribution in [3.05, 3.63) is 53.3 Å². The van der Waals surface area contributed by atoms with Crippen LogP contribution >= 0.6 is 0 Å². The van der Waals surface area contributed by atoms with Crippen LogP contribution in [-0.2, 0) is 13.1 Å². The first-order valence-electron chi connectivity index (χ1n) is 7.15. The number of benzene rings is 1. The van der Waals surface area contributed by atoms with Gasteiger partial charge in [-0.3, -0.25) is 4.98 Å². The van der Waals surface area contributed by atoms with E-state index in [-0.39, 0.29) is 0 Å². The maximum Gasteiger partial charge on any atom is 0.161 e. The summed E-state index contributed by atoms with van der Waals surface area (Å²) >= 11 is 0. The predicted molar refractivity (Wildman–Crippen MR) is 83.7 cm³/mol. The summed E-state index contributed by atoms with van der Waals surface area (Å²) in [7, 11) is 1.66. The summed E-state index contributed by atoms with van der Waals surface area (Å²) in [5, 5.41) is 3.40. The van der Waals surface area contributed by atoms with Gasteiger partial charge in [0.15, 0.2) is 11.5 Å². The SMILES string of the molecule is CCOc1ccc(CNCc2ncccc2C)cc1OC. The second-order valence-corrected chi connectivity index (χ2v) is 4.79. The average molecular weight is 286 g/mol. The second-order valence-electron chi connectivity index (χ2n) is 4.79. The fourth-order valence-electron chi connectivity index (χ4n) is 2.13. The van der Waals surface area contributed by atoms with Crippen molar-refractivity contribution < 1.29 is 9.47 Å². The molecule has 1 aromatic carbocycles. The molecule has 4 heteroatoms. The molecule has 0 bridgehead atoms. The lowest BCUT2D eigenvalue weighted by molar-refractivity contribution is 0.310. The molecule has 0 spiro atoms. The fourth-order valence-corrected chi connectivity index (χ4v) is 2.13. The van der Waals surface area contributed by atoms with E-state index in [1.807, 2.05) is 37.4 Å². The zero-order chi connectivity index (χ0) is 15.1. The van der Waals surface area contributed by atoms with Crippen molar-refractivity contribution in [3.8, 4) is 11.5 Å². The van der Waals surface area contributed by atoms with Crippen molar-refractivity contribution in [2.75, 3.05) is 13.7 Å². The van der Waals surface area contributed by atoms with Crippen LogP contribution in [0.25, 0.3) is 0 Å². The summed E-state index contributed by atoms with van der Waals surface area (Å²) in [4.78, 5) is 4.37. The van der Waals surface area contributed by atoms with Crippen molar-refractivity contribution in [3.63, 3.8) is 0 Å². The molecule has 21 heavy (non-hydrogen) atoms. The molecule has 0 fully saturated rings. The minimum atomic E-state index is 0.632. The van der Waals surface area contributed by atoms with Gasteiger partial charge in [0.1, 0.15) is 0 Å². The topological polar surface area (TPSA) is 43.4 Å². The van der Waals surface area contributed by atoms with E-state index < -0.39 is 0 Å². The molecule has 1 aromatic heterocycles. The highest BCUT2D eigenvalue weighted by molar-refractivity contribution is 5.42. The van der Waals surface area contributed by atoms with E-state index in [1.165, 1.54) is 5.56 Å². The number of hydrogen-bond acceptors (Lipinski definition) is 4. The Labute approximate surface area is 126 Å². The number of methoxy groups -OCH3 is 1. The summed E-state index contributed by atoms with van der Waals surface area (Å²) < 4.78 is 10.9. The summed E-state index contributed by atoms with van der Waals surface area (Å²) in [5.74, 6) is 1.55. The van der Waals surface area contributed by atoms with E-state index in [2.05, 4.69) is 23.3 Å². The number of ether oxygens (including phenoxy) is 2. The smallest absolute Gasteiger partial charge is 0.161 e. The quantitative estimate of drug-likeness (QED) is 0.849. The number of aromatic nitrogens is 1. The molecule has 1 heterocycles. The van der Waals surface area contributed by atoms with Crippen molar-refractivity contribution in [1.82, 2.24) is 10.3 Å². The van der Waals surface area contributed by atoms with E-state index >= 15 is 0 Å². The van der Waals surface area contributed by atoms with Crippen LogP contribution in [0.3, 0.4) is 0 Å². The van der Waals surface area contributed by atoms with Crippen LogP contribution < -0.4 is 14.8 Å². The zero-order valence-corrected chi connectivity index (χ0v) is 12.8. The van der Waals surface area contributed by atoms with Gasteiger partial charge in [-0.2, -0.15) is 0 Å². The van der Waals surface area contributed by atoms with Crippen LogP contribution in [0, 0.1) is 6.92 Å². The average Bonchev–Trinajstić information content (AvgIpc) is 2.51. The molecule has 112 valence electrons. The van der Waals surface area contributed by atoms with Crippen LogP contribution in [-0.4, -0.2) is 18.7 Å². The molecular weight excluding hydrogens is 264 g/mol. The van der Waals surface area contributed by atoms with Crippen LogP contribution in [0.5, 0.6) is 11.5 Å². The van der Waals surface area contributed by atoms with E-state index in [0.717, 1.165) is 35.8 Å². The van der Waals surface area contributed by atoms with Crippen LogP contribution in [0.15, 0.2) is 36.5 Å². The van der Waals surface area contributed by atoms with Gasteiger partial charge >= 0.3 is 0 Å². The van der Waals surface area contributed by atoms with Gasteiger partial charge in [0.2, 0.25) is 0 Å². The van der Waals surface area contributed by atoms with Crippen LogP contribution in [0.1, 0.15) is 23.7 Å². The third-order valence-corrected chi connectivity index (χ3v) is 3.27. The third-order valence-electron chi connectivity index (χ3n) is 3.27. The molecule has 4 nitrogen and oxygen atoms in total. The summed E-state index contributed by atoms with van der Waals surface area (Å²) in [6.07, 6.45) is 1.82. The zero-order valence-electron chi connectivity index (χ0n) is 12.8. The largest absolute Gasteiger partial charge is 0.493 e. The van der Waals surface area contributed by atoms with Crippen molar-refractivity contribution in [1.29, 1.82) is 0 Å². The predicted octanol–water partition coefficient (Wildman–Crippen LogP) is 3.09. The first kappa shape index (κ1) is 15.3. The van der Waals surface area contributed by atoms with Gasteiger partial charge < -0.3 is 14.8 Å². The van der Waals surface area contributed by atoms with Crippen LogP contribution in [0.2, 0.25) is 0 Å². The Bertz CT molecular complexity index is 585. The maximum atomic E-state index is 5.52. The summed E-state index contributed by atoms with van der Waals surface area (Å²) in [5.41, 5.74) is 3.44. The number of nitrogens with zero attached hydrogens (tertiary/aromatic N) is 1. The molecule has 0 saturated heterocycles. The third kappa shape index (κ3) is 4.20. The Morgan fingerprint density at radius 2 is 2.00 bits per heavy atom. The Balaban J connectivity index is 1.96. The normalized spacial score (nSPS) is 10.4. The minimum Gasteiger partial charge on any atom is -0.493 e. The Hall–Kier alpha value is -2.07. The standard InChI is InChI=1S/C17H22N2O2/c1-4-21-16-8-7-14(10-17(16)20-3)11-18-12-15-13(2)6-5-9-19-15/h5-10,18H,4,11-12H2,1-3H3. The van der Waals surface area contributed by atoms with Crippen LogP contribution in [0.4, 0.5) is 0 Å². The monoisotopic (exact) mass is 286 g/mol. The molecule has 0 aliphatic rings. The van der Waals surface area contributed by atoms with Gasteiger partial charge in [-0.05, 0) is 43.2 Å². The highest BCUT2D eigenvalue weighted by atomic mass is 16.5. The Morgan fingerprint density at radius 1 is 1.14 bits per heavy atom. The molecule has 0 amide bonds. The van der Waals surface area contributed by atoms with Gasteiger partial charge in [-0.1, -0.05) is 12.1 Å². The molecule has 1 N–H and O–H groups in total. The fraction of sp³-hybridized carbons (Fsp3) is 0.353. The van der Waals surface area contributed by atoms with Crippen molar-refractivity contribution >= 4 is 0 Å². The molecule has 2 rings (SSSR count). The second kappa shape index (κ2) is 7.64. The Kier molecular flexibility index (Phi) is 5.58. The first-order valence-corrected chi connectivity index (χ1v) is 7.15. The Morgan fingerprint density at radius 3 is 2.71 bits per heavy atom. The van der Waals surface area contributed by atoms with Crippen molar-refractivity contribution in [2.45, 2.75) is 26.9 Å². The number of nitrogens with one attached hydrogen (secondary N) is 1. The molecule has 0 radical (unpaired) electrons. The van der Waals surface area contributed by atoms with Gasteiger partial charge in [0.05, 0.1) is 19.4 Å². The lowest BCUT2D eigenvalue weighted by atomic mass is 10.2. The first-order chi connectivity index (χ1) is 10.2. The van der Waals surface area contributed by atoms with E-state index in [9.17, 15) is 0 Å². The lowest BCUT2D eigenvalue weighted by Gasteiger charge is -2.12. The van der Waals surface area contributed by atoms with Crippen molar-refractivity contribution in [2.24, 2.45) is 0 Å². The molecular formula is C17H22N2O2. The number of aryl methyl sites for hydroxylation is 1. The van der Waals surface area contributed by atoms with Gasteiger partial charge in [-0.15, -0.1) is 0 Å². The van der Waals surface area contributed by atoms with E-state index in [0.29, 0.717) is 6.61 Å². The molecule has 0 saturated carbocycles. The highest BCUT2D eigenvalue weighted by Crippen LogP contribution is 2.27. The minimum absolute atomic E-state index is 0.632. The van der Waals surface area contributed by atoms with E-state index in [4.69, 9.17) is 9.47 Å². The number of hydrogen-bond donors (Lipinski definition) is 1. The summed E-state index contributed by atoms with van der Waals surface area (Å²) in [6, 6.07) is 10.0. The molecule has 0 aliphatic carbocycles. The maximum absolute atomic E-state index is 5.52. The highest BCUT2D eigenvalue weighted by Gasteiger charge is 2.05. The van der Waals surface area contributed by atoms with Gasteiger partial charge in [0.25, 0.3) is 0 Å². The molecule has 0 unspecified atom stereocenters. The van der Waals surface area contributed by atoms with Gasteiger partial charge in [0, 0.05) is 19.3 Å². The van der Waals surface area contributed by atoms with Gasteiger partial charge in [-0.25, -0.2) is 0 Å². The lowest BCUT2D eigenvalue weighted by Crippen LogP contribution is -2.14.